The average Bonchev–Trinajstić information content (AvgIpc) is 3.29. The fourth-order valence-corrected chi connectivity index (χ4v) is 5.40. The highest BCUT2D eigenvalue weighted by atomic mass is 79.9. The number of anilines is 1. The summed E-state index contributed by atoms with van der Waals surface area (Å²) in [6, 6.07) is 16.3. The molecule has 0 radical (unpaired) electrons. The Bertz CT molecular complexity index is 1300. The molecule has 1 heterocycles. The molecule has 0 bridgehead atoms. The maximum atomic E-state index is 13.6. The van der Waals surface area contributed by atoms with Crippen LogP contribution < -0.4 is 4.72 Å². The zero-order valence-electron chi connectivity index (χ0n) is 15.7. The van der Waals surface area contributed by atoms with Gasteiger partial charge in [-0.1, -0.05) is 45.4 Å². The molecule has 0 spiro atoms. The number of aromatic hydroxyl groups is 1. The lowest BCUT2D eigenvalue weighted by atomic mass is 10.1. The van der Waals surface area contributed by atoms with Crippen molar-refractivity contribution >= 4 is 54.1 Å². The monoisotopic (exact) mass is 504 g/mol. The molecule has 0 aliphatic carbocycles. The third kappa shape index (κ3) is 4.13. The van der Waals surface area contributed by atoms with Gasteiger partial charge in [0, 0.05) is 22.3 Å². The van der Waals surface area contributed by atoms with Gasteiger partial charge in [-0.15, -0.1) is 22.0 Å². The molecule has 0 fully saturated rings. The largest absolute Gasteiger partial charge is 0.506 e. The van der Waals surface area contributed by atoms with Crippen LogP contribution in [0.3, 0.4) is 0 Å². The zero-order valence-corrected chi connectivity index (χ0v) is 19.0. The van der Waals surface area contributed by atoms with E-state index in [4.69, 9.17) is 0 Å². The first-order valence-electron chi connectivity index (χ1n) is 8.78. The molecule has 154 valence electrons. The Morgan fingerprint density at radius 2 is 1.93 bits per heavy atom. The molecule has 4 rings (SSSR count). The number of fused-ring (bicyclic) bond motifs is 1. The molecule has 11 heteroatoms. The second-order valence-electron chi connectivity index (χ2n) is 6.20. The second-order valence-corrected chi connectivity index (χ2v) is 10.2. The first-order chi connectivity index (χ1) is 14.5. The van der Waals surface area contributed by atoms with Crippen LogP contribution in [0.1, 0.15) is 5.82 Å². The zero-order chi connectivity index (χ0) is 21.1. The lowest BCUT2D eigenvalue weighted by Gasteiger charge is -2.17. The van der Waals surface area contributed by atoms with Crippen molar-refractivity contribution in [3.63, 3.8) is 0 Å². The summed E-state index contributed by atoms with van der Waals surface area (Å²) in [6.45, 7) is 0. The van der Waals surface area contributed by atoms with Crippen molar-refractivity contribution in [2.24, 2.45) is 4.36 Å². The number of H-pyrrole nitrogens is 1. The minimum absolute atomic E-state index is 0.147. The molecule has 4 aromatic rings. The van der Waals surface area contributed by atoms with Gasteiger partial charge < -0.3 is 5.11 Å². The summed E-state index contributed by atoms with van der Waals surface area (Å²) in [5.41, 5.74) is 0.609. The van der Waals surface area contributed by atoms with Crippen LogP contribution in [0.2, 0.25) is 0 Å². The summed E-state index contributed by atoms with van der Waals surface area (Å²) in [5.74, 6) is 1.08. The summed E-state index contributed by atoms with van der Waals surface area (Å²) in [5, 5.41) is 26.0. The third-order valence-corrected chi connectivity index (χ3v) is 7.84. The van der Waals surface area contributed by atoms with Gasteiger partial charge in [0.05, 0.1) is 21.2 Å². The van der Waals surface area contributed by atoms with Crippen LogP contribution in [0, 0.1) is 0 Å². The molecular weight excluding hydrogens is 488 g/mol. The predicted octanol–water partition coefficient (Wildman–Crippen LogP) is 4.60. The summed E-state index contributed by atoms with van der Waals surface area (Å²) >= 11 is 4.75. The molecule has 1 unspecified atom stereocenters. The Hall–Kier alpha value is -2.63. The SMILES string of the molecule is CN=S(=O)(Nc1cc(SCc2nn[nH]n2)c(O)c2ccccc12)c1ccc(Br)cc1. The van der Waals surface area contributed by atoms with E-state index in [-0.39, 0.29) is 5.75 Å². The van der Waals surface area contributed by atoms with E-state index in [2.05, 4.69) is 45.6 Å². The number of aromatic amines is 1. The number of thioether (sulfide) groups is 1. The molecule has 0 saturated carbocycles. The van der Waals surface area contributed by atoms with Crippen LogP contribution >= 0.6 is 27.7 Å². The Morgan fingerprint density at radius 1 is 1.20 bits per heavy atom. The average molecular weight is 505 g/mol. The number of nitrogens with one attached hydrogen (secondary N) is 2. The fraction of sp³-hybridized carbons (Fsp3) is 0.105. The van der Waals surface area contributed by atoms with E-state index >= 15 is 0 Å². The van der Waals surface area contributed by atoms with Gasteiger partial charge in [0.1, 0.15) is 5.75 Å². The standard InChI is InChI=1S/C19H17BrN6O2S2/c1-21-30(28,13-8-6-12(20)7-9-13)24-16-10-17(29-11-18-22-25-26-23-18)19(27)15-5-3-2-4-14(15)16/h2-10,27H,11H2,1H3,(H,21,24,28)(H,22,23,25,26). The van der Waals surface area contributed by atoms with E-state index in [0.29, 0.717) is 32.4 Å². The Labute approximate surface area is 185 Å². The van der Waals surface area contributed by atoms with E-state index < -0.39 is 9.92 Å². The van der Waals surface area contributed by atoms with Crippen LogP contribution in [0.25, 0.3) is 10.8 Å². The van der Waals surface area contributed by atoms with Gasteiger partial charge in [0.15, 0.2) is 15.7 Å². The maximum Gasteiger partial charge on any atom is 0.184 e. The number of hydrogen-bond donors (Lipinski definition) is 3. The molecule has 3 aromatic carbocycles. The van der Waals surface area contributed by atoms with Crippen molar-refractivity contribution in [1.29, 1.82) is 0 Å². The lowest BCUT2D eigenvalue weighted by molar-refractivity contribution is 0.469. The second kappa shape index (κ2) is 8.62. The number of phenolic OH excluding ortho intramolecular Hbond substituents is 1. The number of rotatable bonds is 6. The van der Waals surface area contributed by atoms with E-state index in [1.54, 1.807) is 18.2 Å². The molecule has 0 amide bonds. The first kappa shape index (κ1) is 20.6. The van der Waals surface area contributed by atoms with Gasteiger partial charge in [-0.05, 0) is 30.3 Å². The maximum absolute atomic E-state index is 13.6. The van der Waals surface area contributed by atoms with Crippen molar-refractivity contribution in [1.82, 2.24) is 20.6 Å². The first-order valence-corrected chi connectivity index (χ1v) is 12.1. The normalized spacial score (nSPS) is 13.1. The molecule has 30 heavy (non-hydrogen) atoms. The van der Waals surface area contributed by atoms with Crippen molar-refractivity contribution in [3.05, 3.63) is 64.9 Å². The molecule has 3 N–H and O–H groups in total. The molecule has 8 nitrogen and oxygen atoms in total. The van der Waals surface area contributed by atoms with Crippen molar-refractivity contribution < 1.29 is 9.32 Å². The molecule has 1 aromatic heterocycles. The minimum atomic E-state index is -2.93. The van der Waals surface area contributed by atoms with E-state index in [9.17, 15) is 9.32 Å². The number of hydrogen-bond acceptors (Lipinski definition) is 7. The predicted molar refractivity (Wildman–Crippen MR) is 122 cm³/mol. The number of tetrazole rings is 1. The van der Waals surface area contributed by atoms with Gasteiger partial charge in [-0.25, -0.2) is 8.57 Å². The van der Waals surface area contributed by atoms with E-state index in [1.165, 1.54) is 18.8 Å². The number of halogens is 1. The fourth-order valence-electron chi connectivity index (χ4n) is 2.89. The molecule has 0 saturated heterocycles. The Morgan fingerprint density at radius 3 is 2.60 bits per heavy atom. The number of aromatic nitrogens is 4. The van der Waals surface area contributed by atoms with Gasteiger partial charge in [-0.2, -0.15) is 5.21 Å². The molecule has 1 atom stereocenters. The number of benzene rings is 3. The highest BCUT2D eigenvalue weighted by Gasteiger charge is 2.17. The van der Waals surface area contributed by atoms with Crippen molar-refractivity contribution in [2.75, 3.05) is 11.8 Å². The smallest absolute Gasteiger partial charge is 0.184 e. The Kier molecular flexibility index (Phi) is 5.93. The van der Waals surface area contributed by atoms with Gasteiger partial charge >= 0.3 is 0 Å². The van der Waals surface area contributed by atoms with Crippen LogP contribution in [0.5, 0.6) is 5.75 Å². The third-order valence-electron chi connectivity index (χ3n) is 4.37. The Balaban J connectivity index is 1.78. The van der Waals surface area contributed by atoms with Crippen molar-refractivity contribution in [3.8, 4) is 5.75 Å². The van der Waals surface area contributed by atoms with Crippen LogP contribution in [0.4, 0.5) is 5.69 Å². The molecular formula is C19H17BrN6O2S2. The van der Waals surface area contributed by atoms with Crippen LogP contribution in [0.15, 0.2) is 73.2 Å². The van der Waals surface area contributed by atoms with Gasteiger partial charge in [0.2, 0.25) is 0 Å². The van der Waals surface area contributed by atoms with E-state index in [1.807, 2.05) is 36.4 Å². The lowest BCUT2D eigenvalue weighted by Crippen LogP contribution is -2.13. The summed E-state index contributed by atoms with van der Waals surface area (Å²) in [6.07, 6.45) is 0. The quantitative estimate of drug-likeness (QED) is 0.261. The van der Waals surface area contributed by atoms with Crippen molar-refractivity contribution in [2.45, 2.75) is 15.5 Å². The van der Waals surface area contributed by atoms with Gasteiger partial charge in [0.25, 0.3) is 0 Å². The highest BCUT2D eigenvalue weighted by molar-refractivity contribution is 9.10. The van der Waals surface area contributed by atoms with Gasteiger partial charge in [-0.3, -0.25) is 4.72 Å². The summed E-state index contributed by atoms with van der Waals surface area (Å²) in [4.78, 5) is 1.17. The number of nitrogens with zero attached hydrogens (tertiary/aromatic N) is 4. The number of phenols is 1. The van der Waals surface area contributed by atoms with Crippen LogP contribution in [-0.4, -0.2) is 37.0 Å². The molecule has 0 aliphatic heterocycles. The van der Waals surface area contributed by atoms with E-state index in [0.717, 1.165) is 9.86 Å². The summed E-state index contributed by atoms with van der Waals surface area (Å²) < 4.78 is 21.8. The topological polar surface area (TPSA) is 116 Å². The summed E-state index contributed by atoms with van der Waals surface area (Å²) in [7, 11) is -1.41. The minimum Gasteiger partial charge on any atom is -0.506 e. The highest BCUT2D eigenvalue weighted by Crippen LogP contribution is 2.41. The van der Waals surface area contributed by atoms with Crippen LogP contribution in [-0.2, 0) is 15.7 Å². The molecule has 0 aliphatic rings.